The van der Waals surface area contributed by atoms with Crippen LogP contribution in [0.25, 0.3) is 10.9 Å². The Morgan fingerprint density at radius 2 is 1.93 bits per heavy atom. The first kappa shape index (κ1) is 10.4. The standard InChI is InChI=1S/C13H14ClN/c1-8(2)10-5-11-4-9(3)7-15-13(11)12(14)6-10/h4-8H,1-3H3. The maximum atomic E-state index is 6.20. The maximum Gasteiger partial charge on any atom is 0.0888 e. The van der Waals surface area contributed by atoms with Crippen LogP contribution >= 0.6 is 11.6 Å². The monoisotopic (exact) mass is 219 g/mol. The lowest BCUT2D eigenvalue weighted by atomic mass is 10.0. The van der Waals surface area contributed by atoms with Gasteiger partial charge in [0, 0.05) is 11.6 Å². The Morgan fingerprint density at radius 3 is 2.60 bits per heavy atom. The molecular weight excluding hydrogens is 206 g/mol. The van der Waals surface area contributed by atoms with E-state index in [1.807, 2.05) is 19.2 Å². The van der Waals surface area contributed by atoms with E-state index in [1.54, 1.807) is 0 Å². The molecule has 0 bridgehead atoms. The third kappa shape index (κ3) is 1.98. The fourth-order valence-electron chi connectivity index (χ4n) is 1.67. The second-order valence-corrected chi connectivity index (χ2v) is 4.65. The van der Waals surface area contributed by atoms with Gasteiger partial charge in [-0.2, -0.15) is 0 Å². The summed E-state index contributed by atoms with van der Waals surface area (Å²) in [5.41, 5.74) is 3.33. The first-order valence-corrected chi connectivity index (χ1v) is 5.51. The molecule has 0 aliphatic carbocycles. The predicted molar refractivity (Wildman–Crippen MR) is 65.6 cm³/mol. The lowest BCUT2D eigenvalue weighted by Crippen LogP contribution is -1.90. The quantitative estimate of drug-likeness (QED) is 0.696. The molecule has 0 unspecified atom stereocenters. The van der Waals surface area contributed by atoms with Gasteiger partial charge < -0.3 is 0 Å². The third-order valence-electron chi connectivity index (χ3n) is 2.56. The summed E-state index contributed by atoms with van der Waals surface area (Å²) in [5.74, 6) is 0.493. The average molecular weight is 220 g/mol. The maximum absolute atomic E-state index is 6.20. The van der Waals surface area contributed by atoms with E-state index >= 15 is 0 Å². The molecular formula is C13H14ClN. The van der Waals surface area contributed by atoms with Crippen LogP contribution in [0.15, 0.2) is 24.4 Å². The molecule has 1 aromatic heterocycles. The minimum atomic E-state index is 0.493. The number of hydrogen-bond acceptors (Lipinski definition) is 1. The molecule has 0 N–H and O–H groups in total. The predicted octanol–water partition coefficient (Wildman–Crippen LogP) is 4.32. The lowest BCUT2D eigenvalue weighted by Gasteiger charge is -2.08. The molecule has 0 aliphatic rings. The van der Waals surface area contributed by atoms with Crippen molar-refractivity contribution in [2.75, 3.05) is 0 Å². The van der Waals surface area contributed by atoms with Crippen LogP contribution in [-0.4, -0.2) is 4.98 Å². The molecule has 1 heterocycles. The van der Waals surface area contributed by atoms with Gasteiger partial charge in [-0.1, -0.05) is 25.4 Å². The first-order chi connectivity index (χ1) is 7.08. The van der Waals surface area contributed by atoms with Crippen LogP contribution < -0.4 is 0 Å². The van der Waals surface area contributed by atoms with Gasteiger partial charge in [0.05, 0.1) is 10.5 Å². The van der Waals surface area contributed by atoms with E-state index in [4.69, 9.17) is 11.6 Å². The van der Waals surface area contributed by atoms with Crippen molar-refractivity contribution in [1.29, 1.82) is 0 Å². The van der Waals surface area contributed by atoms with Crippen molar-refractivity contribution >= 4 is 22.5 Å². The number of rotatable bonds is 1. The van der Waals surface area contributed by atoms with Gasteiger partial charge in [0.15, 0.2) is 0 Å². The average Bonchev–Trinajstić information content (AvgIpc) is 2.16. The number of nitrogens with zero attached hydrogens (tertiary/aromatic N) is 1. The number of aryl methyl sites for hydroxylation is 1. The molecule has 2 heteroatoms. The molecule has 1 aromatic carbocycles. The Balaban J connectivity index is 2.74. The number of aromatic nitrogens is 1. The van der Waals surface area contributed by atoms with Gasteiger partial charge in [-0.3, -0.25) is 4.98 Å². The Hall–Kier alpha value is -1.08. The van der Waals surface area contributed by atoms with Crippen molar-refractivity contribution in [3.05, 3.63) is 40.5 Å². The molecule has 2 rings (SSSR count). The molecule has 1 nitrogen and oxygen atoms in total. The molecule has 2 aromatic rings. The first-order valence-electron chi connectivity index (χ1n) is 5.13. The van der Waals surface area contributed by atoms with Crippen LogP contribution in [-0.2, 0) is 0 Å². The molecule has 0 atom stereocenters. The summed E-state index contributed by atoms with van der Waals surface area (Å²) >= 11 is 6.20. The topological polar surface area (TPSA) is 12.9 Å². The Morgan fingerprint density at radius 1 is 1.20 bits per heavy atom. The number of halogens is 1. The Labute approximate surface area is 95.1 Å². The van der Waals surface area contributed by atoms with Gasteiger partial charge in [0.1, 0.15) is 0 Å². The van der Waals surface area contributed by atoms with E-state index in [0.717, 1.165) is 15.9 Å². The normalized spacial score (nSPS) is 11.3. The summed E-state index contributed by atoms with van der Waals surface area (Å²) in [6.45, 7) is 6.38. The summed E-state index contributed by atoms with van der Waals surface area (Å²) in [5, 5.41) is 1.88. The molecule has 78 valence electrons. The van der Waals surface area contributed by atoms with E-state index in [1.165, 1.54) is 11.1 Å². The highest BCUT2D eigenvalue weighted by Gasteiger charge is 2.06. The number of benzene rings is 1. The van der Waals surface area contributed by atoms with Gasteiger partial charge in [-0.25, -0.2) is 0 Å². The molecule has 0 aliphatic heterocycles. The second kappa shape index (κ2) is 3.82. The number of pyridine rings is 1. The molecule has 0 amide bonds. The van der Waals surface area contributed by atoms with E-state index in [2.05, 4.69) is 31.0 Å². The van der Waals surface area contributed by atoms with Crippen molar-refractivity contribution in [1.82, 2.24) is 4.98 Å². The third-order valence-corrected chi connectivity index (χ3v) is 2.85. The summed E-state index contributed by atoms with van der Waals surface area (Å²) < 4.78 is 0. The van der Waals surface area contributed by atoms with Crippen LogP contribution in [0.1, 0.15) is 30.9 Å². The van der Waals surface area contributed by atoms with Crippen molar-refractivity contribution in [3.63, 3.8) is 0 Å². The van der Waals surface area contributed by atoms with Gasteiger partial charge in [-0.05, 0) is 42.2 Å². The summed E-state index contributed by atoms with van der Waals surface area (Å²) in [4.78, 5) is 4.35. The second-order valence-electron chi connectivity index (χ2n) is 4.24. The van der Waals surface area contributed by atoms with Crippen molar-refractivity contribution in [3.8, 4) is 0 Å². The van der Waals surface area contributed by atoms with Crippen LogP contribution in [0.4, 0.5) is 0 Å². The molecule has 0 radical (unpaired) electrons. The van der Waals surface area contributed by atoms with Gasteiger partial charge in [0.2, 0.25) is 0 Å². The van der Waals surface area contributed by atoms with Crippen molar-refractivity contribution in [2.45, 2.75) is 26.7 Å². The number of hydrogen-bond donors (Lipinski definition) is 0. The Kier molecular flexibility index (Phi) is 2.66. The highest BCUT2D eigenvalue weighted by molar-refractivity contribution is 6.35. The van der Waals surface area contributed by atoms with Gasteiger partial charge in [-0.15, -0.1) is 0 Å². The molecule has 0 fully saturated rings. The van der Waals surface area contributed by atoms with Gasteiger partial charge in [0.25, 0.3) is 0 Å². The summed E-state index contributed by atoms with van der Waals surface area (Å²) in [7, 11) is 0. The minimum absolute atomic E-state index is 0.493. The number of fused-ring (bicyclic) bond motifs is 1. The van der Waals surface area contributed by atoms with E-state index in [0.29, 0.717) is 5.92 Å². The highest BCUT2D eigenvalue weighted by Crippen LogP contribution is 2.27. The van der Waals surface area contributed by atoms with Crippen molar-refractivity contribution in [2.24, 2.45) is 0 Å². The molecule has 0 spiro atoms. The Bertz CT molecular complexity index is 503. The van der Waals surface area contributed by atoms with Crippen LogP contribution in [0.5, 0.6) is 0 Å². The highest BCUT2D eigenvalue weighted by atomic mass is 35.5. The molecule has 15 heavy (non-hydrogen) atoms. The largest absolute Gasteiger partial charge is 0.254 e. The fraction of sp³-hybridized carbons (Fsp3) is 0.308. The zero-order valence-corrected chi connectivity index (χ0v) is 9.97. The van der Waals surface area contributed by atoms with Crippen molar-refractivity contribution < 1.29 is 0 Å². The van der Waals surface area contributed by atoms with Crippen LogP contribution in [0, 0.1) is 6.92 Å². The van der Waals surface area contributed by atoms with Crippen LogP contribution in [0.3, 0.4) is 0 Å². The zero-order chi connectivity index (χ0) is 11.0. The van der Waals surface area contributed by atoms with Crippen LogP contribution in [0.2, 0.25) is 5.02 Å². The summed E-state index contributed by atoms with van der Waals surface area (Å²) in [6.07, 6.45) is 1.85. The minimum Gasteiger partial charge on any atom is -0.254 e. The summed E-state index contributed by atoms with van der Waals surface area (Å²) in [6, 6.07) is 6.31. The van der Waals surface area contributed by atoms with E-state index < -0.39 is 0 Å². The zero-order valence-electron chi connectivity index (χ0n) is 9.21. The fourth-order valence-corrected chi connectivity index (χ4v) is 1.95. The smallest absolute Gasteiger partial charge is 0.0888 e. The molecule has 0 saturated heterocycles. The molecule has 0 saturated carbocycles. The SMILES string of the molecule is Cc1cnc2c(Cl)cc(C(C)C)cc2c1. The lowest BCUT2D eigenvalue weighted by molar-refractivity contribution is 0.868. The van der Waals surface area contributed by atoms with E-state index in [9.17, 15) is 0 Å². The van der Waals surface area contributed by atoms with E-state index in [-0.39, 0.29) is 0 Å². The van der Waals surface area contributed by atoms with Gasteiger partial charge >= 0.3 is 0 Å².